The highest BCUT2D eigenvalue weighted by molar-refractivity contribution is 5.42. The Morgan fingerprint density at radius 1 is 1.29 bits per heavy atom. The molecule has 0 atom stereocenters. The molecule has 2 aromatic heterocycles. The van der Waals surface area contributed by atoms with Crippen molar-refractivity contribution in [1.29, 1.82) is 0 Å². The van der Waals surface area contributed by atoms with E-state index in [1.165, 1.54) is 31.6 Å². The molecule has 3 heterocycles. The molecule has 0 amide bonds. The quantitative estimate of drug-likeness (QED) is 0.857. The summed E-state index contributed by atoms with van der Waals surface area (Å²) in [6.45, 7) is 10.1. The van der Waals surface area contributed by atoms with E-state index in [1.807, 2.05) is 6.07 Å². The van der Waals surface area contributed by atoms with Crippen LogP contribution in [0.4, 0.5) is 0 Å². The minimum Gasteiger partial charge on any atom is -0.310 e. The highest BCUT2D eigenvalue weighted by atomic mass is 15.1. The summed E-state index contributed by atoms with van der Waals surface area (Å²) in [5.41, 5.74) is 3.44. The van der Waals surface area contributed by atoms with Crippen LogP contribution in [0.2, 0.25) is 0 Å². The smallest absolute Gasteiger partial charge is 0.137 e. The second-order valence-electron chi connectivity index (χ2n) is 6.27. The van der Waals surface area contributed by atoms with E-state index in [0.717, 1.165) is 36.9 Å². The summed E-state index contributed by atoms with van der Waals surface area (Å²) in [4.78, 5) is 7.18. The Kier molecular flexibility index (Phi) is 4.56. The van der Waals surface area contributed by atoms with Crippen LogP contribution in [-0.2, 0) is 6.54 Å². The van der Waals surface area contributed by atoms with Crippen molar-refractivity contribution in [2.75, 3.05) is 26.2 Å². The second-order valence-corrected chi connectivity index (χ2v) is 6.27. The van der Waals surface area contributed by atoms with Gasteiger partial charge in [0.2, 0.25) is 0 Å². The number of likely N-dealkylation sites (tertiary alicyclic amines) is 1. The number of hydrogen-bond acceptors (Lipinski definition) is 3. The SMILES string of the molecule is Cc1nc2ccccn2c1CNCCN1CCC(C)CC1. The summed E-state index contributed by atoms with van der Waals surface area (Å²) in [5.74, 6) is 0.912. The Morgan fingerprint density at radius 2 is 2.10 bits per heavy atom. The number of aromatic nitrogens is 2. The second kappa shape index (κ2) is 6.58. The van der Waals surface area contributed by atoms with Crippen LogP contribution in [0, 0.1) is 12.8 Å². The van der Waals surface area contributed by atoms with E-state index in [-0.39, 0.29) is 0 Å². The van der Waals surface area contributed by atoms with E-state index in [1.54, 1.807) is 0 Å². The number of rotatable bonds is 5. The fourth-order valence-electron chi connectivity index (χ4n) is 3.11. The summed E-state index contributed by atoms with van der Waals surface area (Å²) >= 11 is 0. The monoisotopic (exact) mass is 286 g/mol. The Morgan fingerprint density at radius 3 is 2.90 bits per heavy atom. The zero-order valence-electron chi connectivity index (χ0n) is 13.2. The average molecular weight is 286 g/mol. The average Bonchev–Trinajstić information content (AvgIpc) is 2.81. The van der Waals surface area contributed by atoms with Crippen molar-refractivity contribution < 1.29 is 0 Å². The van der Waals surface area contributed by atoms with Crippen molar-refractivity contribution in [2.45, 2.75) is 33.2 Å². The summed E-state index contributed by atoms with van der Waals surface area (Å²) in [6.07, 6.45) is 4.80. The van der Waals surface area contributed by atoms with Crippen LogP contribution in [0.15, 0.2) is 24.4 Å². The Hall–Kier alpha value is -1.39. The highest BCUT2D eigenvalue weighted by Gasteiger charge is 2.15. The van der Waals surface area contributed by atoms with Crippen LogP contribution in [-0.4, -0.2) is 40.5 Å². The van der Waals surface area contributed by atoms with Gasteiger partial charge in [0, 0.05) is 25.8 Å². The number of fused-ring (bicyclic) bond motifs is 1. The Balaban J connectivity index is 1.49. The third-order valence-corrected chi connectivity index (χ3v) is 4.60. The van der Waals surface area contributed by atoms with E-state index in [4.69, 9.17) is 0 Å². The summed E-state index contributed by atoms with van der Waals surface area (Å²) in [6, 6.07) is 6.16. The van der Waals surface area contributed by atoms with Gasteiger partial charge in [-0.2, -0.15) is 0 Å². The van der Waals surface area contributed by atoms with Gasteiger partial charge in [0.25, 0.3) is 0 Å². The summed E-state index contributed by atoms with van der Waals surface area (Å²) in [7, 11) is 0. The topological polar surface area (TPSA) is 32.6 Å². The Labute approximate surface area is 127 Å². The first-order valence-electron chi connectivity index (χ1n) is 8.09. The van der Waals surface area contributed by atoms with Crippen LogP contribution >= 0.6 is 0 Å². The van der Waals surface area contributed by atoms with E-state index in [0.29, 0.717) is 0 Å². The maximum atomic E-state index is 4.60. The van der Waals surface area contributed by atoms with Crippen molar-refractivity contribution in [3.05, 3.63) is 35.8 Å². The van der Waals surface area contributed by atoms with Gasteiger partial charge in [-0.05, 0) is 50.9 Å². The van der Waals surface area contributed by atoms with Crippen LogP contribution in [0.3, 0.4) is 0 Å². The molecule has 1 saturated heterocycles. The van der Waals surface area contributed by atoms with Gasteiger partial charge in [-0.15, -0.1) is 0 Å². The van der Waals surface area contributed by atoms with Gasteiger partial charge >= 0.3 is 0 Å². The van der Waals surface area contributed by atoms with Crippen LogP contribution < -0.4 is 5.32 Å². The minimum absolute atomic E-state index is 0.890. The lowest BCUT2D eigenvalue weighted by molar-refractivity contribution is 0.193. The van der Waals surface area contributed by atoms with Crippen molar-refractivity contribution in [2.24, 2.45) is 5.92 Å². The molecule has 1 fully saturated rings. The van der Waals surface area contributed by atoms with Crippen LogP contribution in [0.25, 0.3) is 5.65 Å². The number of imidazole rings is 1. The van der Waals surface area contributed by atoms with Gasteiger partial charge in [0.05, 0.1) is 11.4 Å². The molecule has 0 saturated carbocycles. The predicted octanol–water partition coefficient (Wildman–Crippen LogP) is 2.46. The molecule has 3 rings (SSSR count). The van der Waals surface area contributed by atoms with Gasteiger partial charge < -0.3 is 14.6 Å². The molecule has 1 N–H and O–H groups in total. The standard InChI is InChI=1S/C17H26N4/c1-14-6-10-20(11-7-14)12-8-18-13-16-15(2)19-17-5-3-4-9-21(16)17/h3-5,9,14,18H,6-8,10-13H2,1-2H3. The van der Waals surface area contributed by atoms with Gasteiger partial charge in [0.15, 0.2) is 0 Å². The van der Waals surface area contributed by atoms with Crippen molar-refractivity contribution >= 4 is 5.65 Å². The predicted molar refractivity (Wildman–Crippen MR) is 86.5 cm³/mol. The van der Waals surface area contributed by atoms with Crippen molar-refractivity contribution in [3.8, 4) is 0 Å². The normalized spacial score (nSPS) is 17.6. The molecule has 0 unspecified atom stereocenters. The molecule has 4 heteroatoms. The fraction of sp³-hybridized carbons (Fsp3) is 0.588. The first-order chi connectivity index (χ1) is 10.2. The molecule has 0 spiro atoms. The number of nitrogens with one attached hydrogen (secondary N) is 1. The molecule has 0 aliphatic carbocycles. The zero-order chi connectivity index (χ0) is 14.7. The fourth-order valence-corrected chi connectivity index (χ4v) is 3.11. The molecule has 21 heavy (non-hydrogen) atoms. The van der Waals surface area contributed by atoms with Crippen LogP contribution in [0.5, 0.6) is 0 Å². The summed E-state index contributed by atoms with van der Waals surface area (Å²) < 4.78 is 2.19. The maximum absolute atomic E-state index is 4.60. The molecule has 0 aromatic carbocycles. The van der Waals surface area contributed by atoms with E-state index < -0.39 is 0 Å². The third-order valence-electron chi connectivity index (χ3n) is 4.60. The lowest BCUT2D eigenvalue weighted by atomic mass is 9.99. The van der Waals surface area contributed by atoms with Gasteiger partial charge in [-0.3, -0.25) is 0 Å². The van der Waals surface area contributed by atoms with Gasteiger partial charge in [-0.1, -0.05) is 13.0 Å². The van der Waals surface area contributed by atoms with Crippen LogP contribution in [0.1, 0.15) is 31.2 Å². The molecular weight excluding hydrogens is 260 g/mol. The lowest BCUT2D eigenvalue weighted by Crippen LogP contribution is -2.37. The molecule has 0 bridgehead atoms. The van der Waals surface area contributed by atoms with E-state index in [9.17, 15) is 0 Å². The third kappa shape index (κ3) is 3.44. The molecule has 1 aliphatic rings. The van der Waals surface area contributed by atoms with Crippen molar-refractivity contribution in [1.82, 2.24) is 19.6 Å². The van der Waals surface area contributed by atoms with Gasteiger partial charge in [-0.25, -0.2) is 4.98 Å². The first kappa shape index (κ1) is 14.5. The first-order valence-corrected chi connectivity index (χ1v) is 8.09. The van der Waals surface area contributed by atoms with E-state index in [2.05, 4.69) is 51.8 Å². The number of piperidine rings is 1. The maximum Gasteiger partial charge on any atom is 0.137 e. The lowest BCUT2D eigenvalue weighted by Gasteiger charge is -2.30. The van der Waals surface area contributed by atoms with E-state index >= 15 is 0 Å². The number of hydrogen-bond donors (Lipinski definition) is 1. The molecular formula is C17H26N4. The molecule has 114 valence electrons. The van der Waals surface area contributed by atoms with Crippen molar-refractivity contribution in [3.63, 3.8) is 0 Å². The summed E-state index contributed by atoms with van der Waals surface area (Å²) in [5, 5.41) is 3.58. The minimum atomic E-state index is 0.890. The zero-order valence-corrected chi connectivity index (χ0v) is 13.2. The largest absolute Gasteiger partial charge is 0.310 e. The molecule has 2 aromatic rings. The highest BCUT2D eigenvalue weighted by Crippen LogP contribution is 2.15. The number of nitrogens with zero attached hydrogens (tertiary/aromatic N) is 3. The number of pyridine rings is 1. The number of aryl methyl sites for hydroxylation is 1. The molecule has 0 radical (unpaired) electrons. The molecule has 1 aliphatic heterocycles. The van der Waals surface area contributed by atoms with Gasteiger partial charge in [0.1, 0.15) is 5.65 Å². The Bertz CT molecular complexity index is 581. The molecule has 4 nitrogen and oxygen atoms in total.